The molecule has 0 spiro atoms. The Kier molecular flexibility index (Phi) is 5.89. The van der Waals surface area contributed by atoms with Gasteiger partial charge in [0.15, 0.2) is 0 Å². The normalized spacial score (nSPS) is 12.5. The Morgan fingerprint density at radius 2 is 1.71 bits per heavy atom. The Bertz CT molecular complexity index is 708. The van der Waals surface area contributed by atoms with Gasteiger partial charge in [0, 0.05) is 20.4 Å². The summed E-state index contributed by atoms with van der Waals surface area (Å²) in [5.41, 5.74) is 6.04. The predicted molar refractivity (Wildman–Crippen MR) is 93.6 cm³/mol. The lowest BCUT2D eigenvalue weighted by Crippen LogP contribution is -2.32. The SMILES string of the molecule is CC(C)(N)CCc1ccc(Sc2cccc(C(F)(F)F)c2)cc1Cl. The lowest BCUT2D eigenvalue weighted by Gasteiger charge is -2.18. The van der Waals surface area contributed by atoms with Crippen molar-refractivity contribution in [3.8, 4) is 0 Å². The fraction of sp³-hybridized carbons (Fsp3) is 0.333. The number of benzene rings is 2. The van der Waals surface area contributed by atoms with Gasteiger partial charge in [0.2, 0.25) is 0 Å². The molecule has 0 fully saturated rings. The standard InChI is InChI=1S/C18H19ClF3NS/c1-17(2,23)9-8-12-6-7-15(11-16(12)19)24-14-5-3-4-13(10-14)18(20,21)22/h3-7,10-11H,8-9,23H2,1-2H3. The fourth-order valence-electron chi connectivity index (χ4n) is 2.12. The second-order valence-electron chi connectivity index (χ2n) is 6.37. The highest BCUT2D eigenvalue weighted by Gasteiger charge is 2.30. The van der Waals surface area contributed by atoms with Crippen LogP contribution in [0.4, 0.5) is 13.2 Å². The zero-order chi connectivity index (χ0) is 18.0. The number of hydrogen-bond donors (Lipinski definition) is 1. The van der Waals surface area contributed by atoms with Crippen LogP contribution in [0.5, 0.6) is 0 Å². The lowest BCUT2D eigenvalue weighted by molar-refractivity contribution is -0.137. The Hall–Kier alpha value is -1.17. The van der Waals surface area contributed by atoms with Crippen molar-refractivity contribution in [2.45, 2.75) is 48.2 Å². The molecule has 2 rings (SSSR count). The monoisotopic (exact) mass is 373 g/mol. The molecule has 0 aliphatic rings. The van der Waals surface area contributed by atoms with Crippen LogP contribution in [0.3, 0.4) is 0 Å². The van der Waals surface area contributed by atoms with E-state index in [9.17, 15) is 13.2 Å². The summed E-state index contributed by atoms with van der Waals surface area (Å²) in [5.74, 6) is 0. The molecule has 6 heteroatoms. The van der Waals surface area contributed by atoms with Gasteiger partial charge >= 0.3 is 6.18 Å². The highest BCUT2D eigenvalue weighted by molar-refractivity contribution is 7.99. The highest BCUT2D eigenvalue weighted by Crippen LogP contribution is 2.35. The number of halogens is 4. The first kappa shape index (κ1) is 19.2. The van der Waals surface area contributed by atoms with E-state index < -0.39 is 11.7 Å². The van der Waals surface area contributed by atoms with E-state index in [0.29, 0.717) is 9.92 Å². The van der Waals surface area contributed by atoms with Crippen LogP contribution in [-0.4, -0.2) is 5.54 Å². The molecule has 0 bridgehead atoms. The van der Waals surface area contributed by atoms with E-state index in [4.69, 9.17) is 17.3 Å². The third kappa shape index (κ3) is 5.72. The molecule has 2 aromatic carbocycles. The third-order valence-corrected chi connectivity index (χ3v) is 4.79. The van der Waals surface area contributed by atoms with Crippen molar-refractivity contribution < 1.29 is 13.2 Å². The molecule has 0 saturated carbocycles. The Morgan fingerprint density at radius 3 is 2.29 bits per heavy atom. The quantitative estimate of drug-likeness (QED) is 0.677. The maximum Gasteiger partial charge on any atom is 0.416 e. The number of alkyl halides is 3. The minimum atomic E-state index is -4.34. The van der Waals surface area contributed by atoms with Crippen LogP contribution < -0.4 is 5.73 Å². The number of hydrogen-bond acceptors (Lipinski definition) is 2. The summed E-state index contributed by atoms with van der Waals surface area (Å²) < 4.78 is 38.3. The van der Waals surface area contributed by atoms with Crippen molar-refractivity contribution in [1.82, 2.24) is 0 Å². The lowest BCUT2D eigenvalue weighted by atomic mass is 9.97. The maximum atomic E-state index is 12.8. The van der Waals surface area contributed by atoms with Crippen molar-refractivity contribution >= 4 is 23.4 Å². The van der Waals surface area contributed by atoms with Crippen LogP contribution in [-0.2, 0) is 12.6 Å². The van der Waals surface area contributed by atoms with E-state index in [2.05, 4.69) is 0 Å². The Balaban J connectivity index is 2.13. The second kappa shape index (κ2) is 7.38. The van der Waals surface area contributed by atoms with E-state index in [1.54, 1.807) is 12.1 Å². The fourth-order valence-corrected chi connectivity index (χ4v) is 3.38. The number of nitrogens with two attached hydrogens (primary N) is 1. The predicted octanol–water partition coefficient (Wildman–Crippen LogP) is 6.18. The molecule has 0 aliphatic carbocycles. The van der Waals surface area contributed by atoms with Crippen LogP contribution in [0.2, 0.25) is 5.02 Å². The smallest absolute Gasteiger partial charge is 0.326 e. The number of rotatable bonds is 5. The third-order valence-electron chi connectivity index (χ3n) is 3.46. The van der Waals surface area contributed by atoms with Gasteiger partial charge in [-0.15, -0.1) is 0 Å². The molecule has 24 heavy (non-hydrogen) atoms. The molecule has 0 atom stereocenters. The Labute approximate surface area is 149 Å². The average Bonchev–Trinajstić information content (AvgIpc) is 2.45. The molecule has 0 amide bonds. The summed E-state index contributed by atoms with van der Waals surface area (Å²) in [6.45, 7) is 3.91. The summed E-state index contributed by atoms with van der Waals surface area (Å²) in [5, 5.41) is 0.608. The molecule has 0 radical (unpaired) electrons. The highest BCUT2D eigenvalue weighted by atomic mass is 35.5. The minimum Gasteiger partial charge on any atom is -0.326 e. The van der Waals surface area contributed by atoms with E-state index in [-0.39, 0.29) is 5.54 Å². The molecule has 0 unspecified atom stereocenters. The molecule has 0 aliphatic heterocycles. The molecule has 0 heterocycles. The van der Waals surface area contributed by atoms with Crippen LogP contribution in [0.15, 0.2) is 52.3 Å². The van der Waals surface area contributed by atoms with Crippen molar-refractivity contribution in [3.63, 3.8) is 0 Å². The van der Waals surface area contributed by atoms with Crippen LogP contribution in [0, 0.1) is 0 Å². The van der Waals surface area contributed by atoms with Gasteiger partial charge in [0.1, 0.15) is 0 Å². The van der Waals surface area contributed by atoms with Crippen LogP contribution in [0.1, 0.15) is 31.4 Å². The zero-order valence-electron chi connectivity index (χ0n) is 13.5. The average molecular weight is 374 g/mol. The van der Waals surface area contributed by atoms with E-state index in [1.807, 2.05) is 26.0 Å². The summed E-state index contributed by atoms with van der Waals surface area (Å²) >= 11 is 7.55. The van der Waals surface area contributed by atoms with Crippen LogP contribution >= 0.6 is 23.4 Å². The molecule has 0 aromatic heterocycles. The van der Waals surface area contributed by atoms with Crippen molar-refractivity contribution in [3.05, 3.63) is 58.6 Å². The van der Waals surface area contributed by atoms with Gasteiger partial charge < -0.3 is 5.73 Å². The largest absolute Gasteiger partial charge is 0.416 e. The van der Waals surface area contributed by atoms with Crippen LogP contribution in [0.25, 0.3) is 0 Å². The van der Waals surface area contributed by atoms with E-state index >= 15 is 0 Å². The first-order chi connectivity index (χ1) is 11.0. The van der Waals surface area contributed by atoms with Gasteiger partial charge in [0.25, 0.3) is 0 Å². The summed E-state index contributed by atoms with van der Waals surface area (Å²) in [6, 6.07) is 10.8. The second-order valence-corrected chi connectivity index (χ2v) is 7.92. The molecular formula is C18H19ClF3NS. The zero-order valence-corrected chi connectivity index (χ0v) is 15.0. The molecule has 1 nitrogen and oxygen atoms in total. The van der Waals surface area contributed by atoms with E-state index in [1.165, 1.54) is 17.8 Å². The number of aryl methyl sites for hydroxylation is 1. The molecule has 2 aromatic rings. The van der Waals surface area contributed by atoms with Crippen molar-refractivity contribution in [2.75, 3.05) is 0 Å². The summed E-state index contributed by atoms with van der Waals surface area (Å²) in [4.78, 5) is 1.33. The van der Waals surface area contributed by atoms with Gasteiger partial charge in [-0.2, -0.15) is 13.2 Å². The maximum absolute atomic E-state index is 12.8. The topological polar surface area (TPSA) is 26.0 Å². The van der Waals surface area contributed by atoms with Gasteiger partial charge in [-0.25, -0.2) is 0 Å². The van der Waals surface area contributed by atoms with Crippen molar-refractivity contribution in [1.29, 1.82) is 0 Å². The summed E-state index contributed by atoms with van der Waals surface area (Å²) in [7, 11) is 0. The molecular weight excluding hydrogens is 355 g/mol. The Morgan fingerprint density at radius 1 is 1.04 bits per heavy atom. The minimum absolute atomic E-state index is 0.269. The summed E-state index contributed by atoms with van der Waals surface area (Å²) in [6.07, 6.45) is -2.78. The van der Waals surface area contributed by atoms with E-state index in [0.717, 1.165) is 35.4 Å². The van der Waals surface area contributed by atoms with Gasteiger partial charge in [-0.05, 0) is 62.6 Å². The van der Waals surface area contributed by atoms with Gasteiger partial charge in [-0.3, -0.25) is 0 Å². The molecule has 130 valence electrons. The van der Waals surface area contributed by atoms with Gasteiger partial charge in [0.05, 0.1) is 5.56 Å². The van der Waals surface area contributed by atoms with Crippen molar-refractivity contribution in [2.24, 2.45) is 5.73 Å². The molecule has 0 saturated heterocycles. The first-order valence-electron chi connectivity index (χ1n) is 7.47. The first-order valence-corrected chi connectivity index (χ1v) is 8.66. The molecule has 2 N–H and O–H groups in total. The van der Waals surface area contributed by atoms with Gasteiger partial charge in [-0.1, -0.05) is 35.5 Å².